The van der Waals surface area contributed by atoms with E-state index in [1.54, 1.807) is 6.20 Å². The Morgan fingerprint density at radius 3 is 2.93 bits per heavy atom. The molecule has 1 aliphatic heterocycles. The molecule has 0 saturated heterocycles. The first-order chi connectivity index (χ1) is 14.2. The van der Waals surface area contributed by atoms with E-state index in [0.29, 0.717) is 5.92 Å². The van der Waals surface area contributed by atoms with Crippen LogP contribution in [0.1, 0.15) is 37.6 Å². The van der Waals surface area contributed by atoms with Crippen molar-refractivity contribution >= 4 is 33.6 Å². The van der Waals surface area contributed by atoms with Crippen molar-refractivity contribution in [3.05, 3.63) is 48.3 Å². The third kappa shape index (κ3) is 3.43. The van der Waals surface area contributed by atoms with Gasteiger partial charge in [-0.1, -0.05) is 19.9 Å². The largest absolute Gasteiger partial charge is 0.328 e. The Morgan fingerprint density at radius 2 is 2.21 bits per heavy atom. The minimum Gasteiger partial charge on any atom is -0.328 e. The lowest BCUT2D eigenvalue weighted by Gasteiger charge is -2.16. The standard InChI is InChI=1S/C20H22N8S/c1-12(2)15-6-18(29-27-15)26-19-20-22-10-17(14-8-23-24-9-14)28(20)11-16(25-19)13-4-3-5-21-7-13/h4,6,8-12,21H,3,5,7H2,1-2H3,(H,23,24)(H,25,26). The average Bonchev–Trinajstić information content (AvgIpc) is 3.48. The lowest BCUT2D eigenvalue weighted by atomic mass is 10.1. The van der Waals surface area contributed by atoms with Crippen LogP contribution >= 0.6 is 11.5 Å². The molecule has 0 spiro atoms. The Hall–Kier alpha value is -3.04. The number of nitrogens with one attached hydrogen (secondary N) is 3. The number of nitrogens with zero attached hydrogens (tertiary/aromatic N) is 5. The van der Waals surface area contributed by atoms with E-state index in [2.05, 4.69) is 66.8 Å². The zero-order valence-electron chi connectivity index (χ0n) is 16.3. The first-order valence-electron chi connectivity index (χ1n) is 9.70. The molecule has 148 valence electrons. The molecule has 9 heteroatoms. The average molecular weight is 407 g/mol. The van der Waals surface area contributed by atoms with Crippen LogP contribution in [0.3, 0.4) is 0 Å². The van der Waals surface area contributed by atoms with Crippen molar-refractivity contribution < 1.29 is 0 Å². The van der Waals surface area contributed by atoms with Gasteiger partial charge in [0.2, 0.25) is 0 Å². The fraction of sp³-hybridized carbons (Fsp3) is 0.300. The Morgan fingerprint density at radius 1 is 1.28 bits per heavy atom. The quantitative estimate of drug-likeness (QED) is 0.466. The molecule has 0 bridgehead atoms. The van der Waals surface area contributed by atoms with E-state index >= 15 is 0 Å². The van der Waals surface area contributed by atoms with Crippen LogP contribution in [0.15, 0.2) is 36.9 Å². The molecule has 0 aromatic carbocycles. The van der Waals surface area contributed by atoms with Crippen LogP contribution < -0.4 is 10.6 Å². The van der Waals surface area contributed by atoms with Gasteiger partial charge in [-0.25, -0.2) is 9.97 Å². The Labute approximate surface area is 172 Å². The first kappa shape index (κ1) is 18.0. The first-order valence-corrected chi connectivity index (χ1v) is 10.5. The van der Waals surface area contributed by atoms with Gasteiger partial charge in [0.05, 0.1) is 29.5 Å². The second kappa shape index (κ2) is 7.41. The fourth-order valence-corrected chi connectivity index (χ4v) is 4.19. The lowest BCUT2D eigenvalue weighted by Crippen LogP contribution is -2.22. The van der Waals surface area contributed by atoms with Crippen LogP contribution in [0, 0.1) is 0 Å². The summed E-state index contributed by atoms with van der Waals surface area (Å²) < 4.78 is 6.62. The molecule has 5 rings (SSSR count). The number of imidazole rings is 1. The molecule has 4 aromatic rings. The van der Waals surface area contributed by atoms with E-state index in [1.165, 1.54) is 17.1 Å². The zero-order chi connectivity index (χ0) is 19.8. The van der Waals surface area contributed by atoms with Crippen LogP contribution in [0.25, 0.3) is 22.5 Å². The number of anilines is 2. The summed E-state index contributed by atoms with van der Waals surface area (Å²) in [4.78, 5) is 9.57. The summed E-state index contributed by atoms with van der Waals surface area (Å²) in [5, 5.41) is 14.8. The molecule has 0 radical (unpaired) electrons. The summed E-state index contributed by atoms with van der Waals surface area (Å²) in [6.45, 7) is 6.10. The van der Waals surface area contributed by atoms with Gasteiger partial charge in [0.15, 0.2) is 11.5 Å². The lowest BCUT2D eigenvalue weighted by molar-refractivity contribution is 0.737. The van der Waals surface area contributed by atoms with E-state index in [4.69, 9.17) is 4.98 Å². The van der Waals surface area contributed by atoms with Crippen molar-refractivity contribution in [3.8, 4) is 11.3 Å². The van der Waals surface area contributed by atoms with Crippen molar-refractivity contribution in [2.45, 2.75) is 26.2 Å². The van der Waals surface area contributed by atoms with Crippen LogP contribution in [0.4, 0.5) is 10.8 Å². The number of fused-ring (bicyclic) bond motifs is 1. The van der Waals surface area contributed by atoms with Gasteiger partial charge in [0, 0.05) is 24.5 Å². The van der Waals surface area contributed by atoms with E-state index < -0.39 is 0 Å². The summed E-state index contributed by atoms with van der Waals surface area (Å²) >= 11 is 1.45. The third-order valence-corrected chi connectivity index (χ3v) is 5.72. The highest BCUT2D eigenvalue weighted by atomic mass is 32.1. The summed E-state index contributed by atoms with van der Waals surface area (Å²) in [7, 11) is 0. The highest BCUT2D eigenvalue weighted by molar-refractivity contribution is 7.10. The Bertz CT molecular complexity index is 1170. The fourth-order valence-electron chi connectivity index (χ4n) is 3.41. The molecule has 3 N–H and O–H groups in total. The summed E-state index contributed by atoms with van der Waals surface area (Å²) in [6.07, 6.45) is 10.8. The number of H-pyrrole nitrogens is 1. The molecule has 0 atom stereocenters. The molecule has 4 aromatic heterocycles. The number of rotatable bonds is 5. The molecule has 0 aliphatic carbocycles. The zero-order valence-corrected chi connectivity index (χ0v) is 17.1. The monoisotopic (exact) mass is 406 g/mol. The topological polar surface area (TPSA) is 95.8 Å². The molecule has 1 aliphatic rings. The van der Waals surface area contributed by atoms with Gasteiger partial charge in [0.25, 0.3) is 0 Å². The van der Waals surface area contributed by atoms with E-state index in [0.717, 1.165) is 58.6 Å². The predicted molar refractivity (Wildman–Crippen MR) is 116 cm³/mol. The van der Waals surface area contributed by atoms with Crippen molar-refractivity contribution in [2.24, 2.45) is 0 Å². The van der Waals surface area contributed by atoms with Gasteiger partial charge >= 0.3 is 0 Å². The molecule has 5 heterocycles. The molecule has 8 nitrogen and oxygen atoms in total. The second-order valence-corrected chi connectivity index (χ2v) is 8.19. The van der Waals surface area contributed by atoms with Gasteiger partial charge in [-0.15, -0.1) is 0 Å². The van der Waals surface area contributed by atoms with Crippen molar-refractivity contribution in [3.63, 3.8) is 0 Å². The molecule has 0 amide bonds. The number of hydrogen-bond acceptors (Lipinski definition) is 7. The molecule has 29 heavy (non-hydrogen) atoms. The molecule has 0 saturated carbocycles. The van der Waals surface area contributed by atoms with Crippen LogP contribution in [0.2, 0.25) is 0 Å². The van der Waals surface area contributed by atoms with E-state index in [1.807, 2.05) is 12.4 Å². The SMILES string of the molecule is CC(C)c1cc(Nc2nc(C3=CCCNC3)cn3c(-c4cn[nH]c4)cnc23)sn1. The minimum atomic E-state index is 0.388. The predicted octanol–water partition coefficient (Wildman–Crippen LogP) is 3.82. The summed E-state index contributed by atoms with van der Waals surface area (Å²) in [6, 6.07) is 2.08. The second-order valence-electron chi connectivity index (χ2n) is 7.39. The molecular weight excluding hydrogens is 384 g/mol. The molecule has 0 fully saturated rings. The maximum absolute atomic E-state index is 4.92. The molecule has 0 unspecified atom stereocenters. The smallest absolute Gasteiger partial charge is 0.181 e. The summed E-state index contributed by atoms with van der Waals surface area (Å²) in [5.41, 5.74) is 5.93. The van der Waals surface area contributed by atoms with Crippen molar-refractivity contribution in [1.29, 1.82) is 0 Å². The maximum Gasteiger partial charge on any atom is 0.181 e. The highest BCUT2D eigenvalue weighted by Crippen LogP contribution is 2.30. The Kier molecular flexibility index (Phi) is 4.61. The van der Waals surface area contributed by atoms with Crippen LogP contribution in [0.5, 0.6) is 0 Å². The van der Waals surface area contributed by atoms with Gasteiger partial charge in [0.1, 0.15) is 5.00 Å². The van der Waals surface area contributed by atoms with Gasteiger partial charge in [-0.3, -0.25) is 9.50 Å². The number of aromatic amines is 1. The summed E-state index contributed by atoms with van der Waals surface area (Å²) in [5.74, 6) is 1.11. The number of hydrogen-bond donors (Lipinski definition) is 3. The van der Waals surface area contributed by atoms with Crippen molar-refractivity contribution in [1.82, 2.24) is 34.3 Å². The Balaban J connectivity index is 1.63. The normalized spacial score (nSPS) is 14.5. The van der Waals surface area contributed by atoms with Crippen LogP contribution in [-0.4, -0.2) is 42.0 Å². The highest BCUT2D eigenvalue weighted by Gasteiger charge is 2.17. The van der Waals surface area contributed by atoms with Gasteiger partial charge in [-0.05, 0) is 42.1 Å². The maximum atomic E-state index is 4.92. The van der Waals surface area contributed by atoms with E-state index in [-0.39, 0.29) is 0 Å². The van der Waals surface area contributed by atoms with E-state index in [9.17, 15) is 0 Å². The third-order valence-electron chi connectivity index (χ3n) is 5.00. The minimum absolute atomic E-state index is 0.388. The van der Waals surface area contributed by atoms with Crippen LogP contribution in [-0.2, 0) is 0 Å². The van der Waals surface area contributed by atoms with Gasteiger partial charge in [-0.2, -0.15) is 9.47 Å². The molecular formula is C20H22N8S. The van der Waals surface area contributed by atoms with Gasteiger partial charge < -0.3 is 10.6 Å². The van der Waals surface area contributed by atoms with Crippen molar-refractivity contribution in [2.75, 3.05) is 18.4 Å². The number of aromatic nitrogens is 6.